The van der Waals surface area contributed by atoms with Gasteiger partial charge in [-0.3, -0.25) is 10.1 Å². The maximum absolute atomic E-state index is 11.9. The summed E-state index contributed by atoms with van der Waals surface area (Å²) in [5.74, 6) is 0.0231. The summed E-state index contributed by atoms with van der Waals surface area (Å²) in [7, 11) is 0. The lowest BCUT2D eigenvalue weighted by atomic mass is 10.3. The van der Waals surface area contributed by atoms with Crippen molar-refractivity contribution >= 4 is 5.69 Å². The zero-order valence-corrected chi connectivity index (χ0v) is 7.80. The van der Waals surface area contributed by atoms with E-state index in [1.165, 1.54) is 18.2 Å². The average molecular weight is 215 g/mol. The molecule has 82 valence electrons. The van der Waals surface area contributed by atoms with Gasteiger partial charge in [-0.15, -0.1) is 0 Å². The van der Waals surface area contributed by atoms with Crippen molar-refractivity contribution in [3.63, 3.8) is 0 Å². The van der Waals surface area contributed by atoms with Crippen LogP contribution in [0, 0.1) is 10.1 Å². The number of hydrogen-bond donors (Lipinski definition) is 1. The summed E-state index contributed by atoms with van der Waals surface area (Å²) in [5, 5.41) is 19.4. The number of nitrogens with zero attached hydrogens (tertiary/aromatic N) is 1. The van der Waals surface area contributed by atoms with E-state index < -0.39 is 17.7 Å². The van der Waals surface area contributed by atoms with Crippen molar-refractivity contribution in [3.8, 4) is 5.75 Å². The van der Waals surface area contributed by atoms with Gasteiger partial charge in [0.15, 0.2) is 5.75 Å². The van der Waals surface area contributed by atoms with Crippen molar-refractivity contribution in [1.29, 1.82) is 0 Å². The maximum atomic E-state index is 11.9. The first kappa shape index (κ1) is 11.4. The number of benzene rings is 1. The third-order valence-electron chi connectivity index (χ3n) is 1.67. The van der Waals surface area contributed by atoms with E-state index in [0.29, 0.717) is 0 Å². The van der Waals surface area contributed by atoms with Crippen LogP contribution in [-0.2, 0) is 0 Å². The summed E-state index contributed by atoms with van der Waals surface area (Å²) < 4.78 is 16.8. The number of aliphatic hydroxyl groups excluding tert-OH is 1. The Balaban J connectivity index is 2.72. The van der Waals surface area contributed by atoms with Gasteiger partial charge >= 0.3 is 5.69 Å². The van der Waals surface area contributed by atoms with Gasteiger partial charge in [-0.25, -0.2) is 4.39 Å². The highest BCUT2D eigenvalue weighted by molar-refractivity contribution is 5.45. The SMILES string of the molecule is O=[N+]([O-])c1ccccc1OCC(O)CF. The van der Waals surface area contributed by atoms with Crippen LogP contribution >= 0.6 is 0 Å². The highest BCUT2D eigenvalue weighted by Gasteiger charge is 2.14. The van der Waals surface area contributed by atoms with Crippen LogP contribution in [0.25, 0.3) is 0 Å². The lowest BCUT2D eigenvalue weighted by Gasteiger charge is -2.08. The van der Waals surface area contributed by atoms with Crippen LogP contribution in [0.5, 0.6) is 5.75 Å². The second kappa shape index (κ2) is 5.26. The van der Waals surface area contributed by atoms with Crippen LogP contribution < -0.4 is 4.74 Å². The van der Waals surface area contributed by atoms with Crippen molar-refractivity contribution < 1.29 is 19.2 Å². The summed E-state index contributed by atoms with van der Waals surface area (Å²) in [6.45, 7) is -1.25. The van der Waals surface area contributed by atoms with Crippen molar-refractivity contribution in [2.45, 2.75) is 6.10 Å². The number of para-hydroxylation sites is 2. The number of halogens is 1. The molecule has 0 aliphatic carbocycles. The Labute approximate surface area is 85.3 Å². The monoisotopic (exact) mass is 215 g/mol. The quantitative estimate of drug-likeness (QED) is 0.593. The summed E-state index contributed by atoms with van der Waals surface area (Å²) >= 11 is 0. The Bertz CT molecular complexity index is 345. The van der Waals surface area contributed by atoms with Crippen LogP contribution in [0.15, 0.2) is 24.3 Å². The smallest absolute Gasteiger partial charge is 0.310 e. The summed E-state index contributed by atoms with van der Waals surface area (Å²) in [6.07, 6.45) is -1.26. The average Bonchev–Trinajstić information content (AvgIpc) is 2.26. The fourth-order valence-corrected chi connectivity index (χ4v) is 0.961. The van der Waals surface area contributed by atoms with Gasteiger partial charge in [0.2, 0.25) is 0 Å². The van der Waals surface area contributed by atoms with Gasteiger partial charge in [0.05, 0.1) is 4.92 Å². The number of alkyl halides is 1. The number of ether oxygens (including phenoxy) is 1. The molecule has 1 rings (SSSR count). The maximum Gasteiger partial charge on any atom is 0.310 e. The molecular weight excluding hydrogens is 205 g/mol. The first-order valence-electron chi connectivity index (χ1n) is 4.25. The fourth-order valence-electron chi connectivity index (χ4n) is 0.961. The van der Waals surface area contributed by atoms with E-state index in [0.717, 1.165) is 0 Å². The summed E-state index contributed by atoms with van der Waals surface area (Å²) in [6, 6.07) is 5.72. The van der Waals surface area contributed by atoms with Crippen LogP contribution in [0.2, 0.25) is 0 Å². The van der Waals surface area contributed by atoms with E-state index in [9.17, 15) is 14.5 Å². The number of rotatable bonds is 5. The molecule has 0 aliphatic rings. The fraction of sp³-hybridized carbons (Fsp3) is 0.333. The van der Waals surface area contributed by atoms with E-state index in [1.807, 2.05) is 0 Å². The predicted octanol–water partition coefficient (Wildman–Crippen LogP) is 1.30. The molecule has 0 spiro atoms. The molecule has 5 nitrogen and oxygen atoms in total. The number of nitro groups is 1. The van der Waals surface area contributed by atoms with E-state index in [1.54, 1.807) is 6.07 Å². The van der Waals surface area contributed by atoms with Crippen molar-refractivity contribution in [2.75, 3.05) is 13.3 Å². The predicted molar refractivity (Wildman–Crippen MR) is 50.6 cm³/mol. The van der Waals surface area contributed by atoms with Gasteiger partial charge in [-0.2, -0.15) is 0 Å². The van der Waals surface area contributed by atoms with Crippen LogP contribution in [-0.4, -0.2) is 29.4 Å². The second-order valence-corrected chi connectivity index (χ2v) is 2.84. The molecule has 0 radical (unpaired) electrons. The van der Waals surface area contributed by atoms with E-state index in [4.69, 9.17) is 9.84 Å². The molecule has 0 aliphatic heterocycles. The minimum atomic E-state index is -1.26. The minimum absolute atomic E-state index is 0.0231. The summed E-state index contributed by atoms with van der Waals surface area (Å²) in [5.41, 5.74) is -0.205. The molecule has 1 aromatic carbocycles. The molecule has 0 aromatic heterocycles. The summed E-state index contributed by atoms with van der Waals surface area (Å²) in [4.78, 5) is 9.92. The molecule has 1 aromatic rings. The van der Waals surface area contributed by atoms with Crippen LogP contribution in [0.1, 0.15) is 0 Å². The van der Waals surface area contributed by atoms with Crippen molar-refractivity contribution in [2.24, 2.45) is 0 Å². The van der Waals surface area contributed by atoms with Gasteiger partial charge in [0.1, 0.15) is 19.4 Å². The number of aliphatic hydroxyl groups is 1. The Morgan fingerprint density at radius 3 is 2.80 bits per heavy atom. The van der Waals surface area contributed by atoms with E-state index in [-0.39, 0.29) is 18.0 Å². The molecule has 0 saturated carbocycles. The zero-order chi connectivity index (χ0) is 11.3. The third kappa shape index (κ3) is 3.17. The lowest BCUT2D eigenvalue weighted by Crippen LogP contribution is -2.19. The van der Waals surface area contributed by atoms with Crippen LogP contribution in [0.4, 0.5) is 10.1 Å². The Hall–Kier alpha value is -1.69. The standard InChI is InChI=1S/C9H10FNO4/c10-5-7(12)6-15-9-4-2-1-3-8(9)11(13)14/h1-4,7,12H,5-6H2. The highest BCUT2D eigenvalue weighted by Crippen LogP contribution is 2.25. The second-order valence-electron chi connectivity index (χ2n) is 2.84. The number of hydrogen-bond acceptors (Lipinski definition) is 4. The number of nitro benzene ring substituents is 1. The molecular formula is C9H10FNO4. The molecule has 1 unspecified atom stereocenters. The molecule has 1 atom stereocenters. The van der Waals surface area contributed by atoms with Gasteiger partial charge < -0.3 is 9.84 Å². The van der Waals surface area contributed by atoms with Gasteiger partial charge in [0, 0.05) is 6.07 Å². The largest absolute Gasteiger partial charge is 0.484 e. The van der Waals surface area contributed by atoms with Gasteiger partial charge in [-0.1, -0.05) is 12.1 Å². The Morgan fingerprint density at radius 1 is 1.53 bits per heavy atom. The molecule has 0 amide bonds. The molecule has 1 N–H and O–H groups in total. The highest BCUT2D eigenvalue weighted by atomic mass is 19.1. The first-order valence-corrected chi connectivity index (χ1v) is 4.25. The minimum Gasteiger partial charge on any atom is -0.484 e. The lowest BCUT2D eigenvalue weighted by molar-refractivity contribution is -0.385. The van der Waals surface area contributed by atoms with Crippen molar-refractivity contribution in [1.82, 2.24) is 0 Å². The molecule has 6 heteroatoms. The zero-order valence-electron chi connectivity index (χ0n) is 7.80. The molecule has 15 heavy (non-hydrogen) atoms. The van der Waals surface area contributed by atoms with Gasteiger partial charge in [-0.05, 0) is 6.07 Å². The Kier molecular flexibility index (Phi) is 3.99. The van der Waals surface area contributed by atoms with Gasteiger partial charge in [0.25, 0.3) is 0 Å². The Morgan fingerprint density at radius 2 is 2.20 bits per heavy atom. The first-order chi connectivity index (χ1) is 7.15. The third-order valence-corrected chi connectivity index (χ3v) is 1.67. The molecule has 0 fully saturated rings. The van der Waals surface area contributed by atoms with Crippen molar-refractivity contribution in [3.05, 3.63) is 34.4 Å². The van der Waals surface area contributed by atoms with Crippen LogP contribution in [0.3, 0.4) is 0 Å². The normalized spacial score (nSPS) is 12.1. The molecule has 0 bridgehead atoms. The molecule has 0 saturated heterocycles. The molecule has 0 heterocycles. The van der Waals surface area contributed by atoms with E-state index in [2.05, 4.69) is 0 Å². The topological polar surface area (TPSA) is 72.6 Å². The van der Waals surface area contributed by atoms with E-state index >= 15 is 0 Å².